The van der Waals surface area contributed by atoms with Gasteiger partial charge in [-0.2, -0.15) is 0 Å². The highest BCUT2D eigenvalue weighted by Crippen LogP contribution is 2.03. The van der Waals surface area contributed by atoms with E-state index in [0.29, 0.717) is 19.1 Å². The van der Waals surface area contributed by atoms with Crippen molar-refractivity contribution < 1.29 is 14.0 Å². The maximum absolute atomic E-state index is 13.5. The van der Waals surface area contributed by atoms with Gasteiger partial charge in [0.2, 0.25) is 0 Å². The third-order valence-corrected chi connectivity index (χ3v) is 3.14. The highest BCUT2D eigenvalue weighted by atomic mass is 19.1. The fourth-order valence-corrected chi connectivity index (χ4v) is 1.64. The van der Waals surface area contributed by atoms with Gasteiger partial charge >= 0.3 is 0 Å². The van der Waals surface area contributed by atoms with Crippen molar-refractivity contribution >= 4 is 0 Å². The molecule has 0 aliphatic carbocycles. The largest absolute Gasteiger partial charge is 0.387 e. The molecule has 5 nitrogen and oxygen atoms in total. The summed E-state index contributed by atoms with van der Waals surface area (Å²) in [6.07, 6.45) is 1.93. The molecule has 0 amide bonds. The number of nitrogens with two attached hydrogens (primary N) is 1. The maximum Gasteiger partial charge on any atom is 0.140 e. The molecule has 4 N–H and O–H groups in total. The lowest BCUT2D eigenvalue weighted by Crippen LogP contribution is -2.28. The van der Waals surface area contributed by atoms with Crippen LogP contribution >= 0.6 is 0 Å². The van der Waals surface area contributed by atoms with Crippen molar-refractivity contribution in [2.24, 2.45) is 11.8 Å². The minimum atomic E-state index is -1.00. The maximum atomic E-state index is 13.5. The van der Waals surface area contributed by atoms with E-state index in [1.807, 2.05) is 13.8 Å². The Morgan fingerprint density at radius 3 is 2.55 bits per heavy atom. The van der Waals surface area contributed by atoms with E-state index in [-0.39, 0.29) is 13.2 Å². The van der Waals surface area contributed by atoms with Crippen molar-refractivity contribution in [1.29, 1.82) is 0 Å². The molecule has 0 aliphatic rings. The van der Waals surface area contributed by atoms with E-state index in [4.69, 9.17) is 10.6 Å². The summed E-state index contributed by atoms with van der Waals surface area (Å²) in [5.74, 6) is 5.25. The number of unbranched alkanes of at least 4 members (excludes halogenated alkanes) is 2. The lowest BCUT2D eigenvalue weighted by Gasteiger charge is -2.15. The van der Waals surface area contributed by atoms with Gasteiger partial charge in [-0.3, -0.25) is 4.84 Å². The Morgan fingerprint density at radius 1 is 1.18 bits per heavy atom. The van der Waals surface area contributed by atoms with Gasteiger partial charge in [-0.1, -0.05) is 27.0 Å². The molecule has 0 rings (SSSR count). The first kappa shape index (κ1) is 20.9. The van der Waals surface area contributed by atoms with Gasteiger partial charge in [-0.05, 0) is 25.2 Å². The topological polar surface area (TPSA) is 68.5 Å². The summed E-state index contributed by atoms with van der Waals surface area (Å²) in [6, 6.07) is 0. The summed E-state index contributed by atoms with van der Waals surface area (Å²) < 4.78 is 18.9. The van der Waals surface area contributed by atoms with Crippen molar-refractivity contribution in [3.63, 3.8) is 0 Å². The van der Waals surface area contributed by atoms with Crippen LogP contribution in [-0.2, 0) is 9.57 Å². The van der Waals surface area contributed by atoms with Crippen molar-refractivity contribution in [3.05, 3.63) is 24.6 Å². The fourth-order valence-electron chi connectivity index (χ4n) is 1.64. The Labute approximate surface area is 134 Å². The van der Waals surface area contributed by atoms with Crippen LogP contribution < -0.4 is 16.5 Å². The van der Waals surface area contributed by atoms with Gasteiger partial charge in [0.1, 0.15) is 12.8 Å². The Bertz CT molecular complexity index is 312. The monoisotopic (exact) mass is 317 g/mol. The fraction of sp³-hybridized carbons (Fsp3) is 0.750. The molecule has 0 bridgehead atoms. The predicted octanol–water partition coefficient (Wildman–Crippen LogP) is 2.26. The zero-order valence-corrected chi connectivity index (χ0v) is 14.0. The number of alkyl halides is 1. The zero-order valence-electron chi connectivity index (χ0n) is 14.0. The van der Waals surface area contributed by atoms with Crippen LogP contribution in [0.15, 0.2) is 24.6 Å². The van der Waals surface area contributed by atoms with Crippen LogP contribution in [-0.4, -0.2) is 39.1 Å². The molecule has 0 aliphatic heterocycles. The van der Waals surface area contributed by atoms with Crippen LogP contribution in [0, 0.1) is 5.92 Å². The van der Waals surface area contributed by atoms with E-state index >= 15 is 0 Å². The van der Waals surface area contributed by atoms with Crippen molar-refractivity contribution in [2.75, 3.05) is 32.9 Å². The molecule has 1 atom stereocenters. The summed E-state index contributed by atoms with van der Waals surface area (Å²) in [5, 5.41) is 6.10. The number of nitrogens with one attached hydrogen (secondary N) is 2. The average Bonchev–Trinajstić information content (AvgIpc) is 2.47. The van der Waals surface area contributed by atoms with Gasteiger partial charge in [0, 0.05) is 31.1 Å². The standard InChI is InChI=1S/C16H32FN3O2/c1-13(2)15(4)20-10-16(17)12-21-9-7-5-6-8-19-14(3)11-22-18/h13,16,19-20H,3-12,18H2,1-2H3. The van der Waals surface area contributed by atoms with Gasteiger partial charge in [0.05, 0.1) is 6.61 Å². The second-order valence-corrected chi connectivity index (χ2v) is 5.64. The van der Waals surface area contributed by atoms with Crippen molar-refractivity contribution in [1.82, 2.24) is 10.6 Å². The number of hydrogen-bond donors (Lipinski definition) is 3. The normalized spacial score (nSPS) is 12.2. The van der Waals surface area contributed by atoms with E-state index in [1.54, 1.807) is 0 Å². The number of halogens is 1. The van der Waals surface area contributed by atoms with E-state index in [2.05, 4.69) is 28.6 Å². The summed E-state index contributed by atoms with van der Waals surface area (Å²) in [4.78, 5) is 4.46. The number of rotatable bonds is 15. The lowest BCUT2D eigenvalue weighted by atomic mass is 10.1. The third-order valence-electron chi connectivity index (χ3n) is 3.14. The molecule has 6 heteroatoms. The van der Waals surface area contributed by atoms with Crippen LogP contribution in [0.5, 0.6) is 0 Å². The highest BCUT2D eigenvalue weighted by molar-refractivity contribution is 4.94. The van der Waals surface area contributed by atoms with Crippen LogP contribution in [0.1, 0.15) is 33.1 Å². The van der Waals surface area contributed by atoms with Gasteiger partial charge in [-0.25, -0.2) is 10.3 Å². The molecule has 0 saturated heterocycles. The molecule has 0 fully saturated rings. The second-order valence-electron chi connectivity index (χ2n) is 5.64. The van der Waals surface area contributed by atoms with Crippen LogP contribution in [0.2, 0.25) is 0 Å². The van der Waals surface area contributed by atoms with E-state index in [1.165, 1.54) is 0 Å². The molecule has 130 valence electrons. The summed E-state index contributed by atoms with van der Waals surface area (Å²) in [5.41, 5.74) is 1.63. The molecule has 1 unspecified atom stereocenters. The second kappa shape index (κ2) is 13.5. The molecular formula is C16H32FN3O2. The van der Waals surface area contributed by atoms with Crippen LogP contribution in [0.25, 0.3) is 0 Å². The summed E-state index contributed by atoms with van der Waals surface area (Å²) >= 11 is 0. The minimum Gasteiger partial charge on any atom is -0.387 e. The smallest absolute Gasteiger partial charge is 0.140 e. The first-order chi connectivity index (χ1) is 10.5. The predicted molar refractivity (Wildman–Crippen MR) is 88.8 cm³/mol. The SMILES string of the molecule is C=C(CON)NCCCCCOCC(F)CNC(=C)C(C)C. The molecule has 22 heavy (non-hydrogen) atoms. The number of allylic oxidation sites excluding steroid dienone is 1. The first-order valence-corrected chi connectivity index (χ1v) is 7.85. The molecule has 0 radical (unpaired) electrons. The van der Waals surface area contributed by atoms with E-state index < -0.39 is 6.17 Å². The molecule has 0 aromatic carbocycles. The van der Waals surface area contributed by atoms with Gasteiger partial charge in [0.25, 0.3) is 0 Å². The van der Waals surface area contributed by atoms with Gasteiger partial charge in [0.15, 0.2) is 0 Å². The molecule has 0 heterocycles. The first-order valence-electron chi connectivity index (χ1n) is 7.85. The Kier molecular flexibility index (Phi) is 12.9. The van der Waals surface area contributed by atoms with Crippen molar-refractivity contribution in [2.45, 2.75) is 39.3 Å². The number of ether oxygens (including phenoxy) is 1. The molecular weight excluding hydrogens is 285 g/mol. The number of hydrogen-bond acceptors (Lipinski definition) is 5. The zero-order chi connectivity index (χ0) is 16.8. The van der Waals surface area contributed by atoms with Crippen molar-refractivity contribution in [3.8, 4) is 0 Å². The Hall–Kier alpha value is -1.11. The van der Waals surface area contributed by atoms with E-state index in [9.17, 15) is 4.39 Å². The summed E-state index contributed by atoms with van der Waals surface area (Å²) in [6.45, 7) is 13.8. The molecule has 0 saturated carbocycles. The lowest BCUT2D eigenvalue weighted by molar-refractivity contribution is 0.0785. The van der Waals surface area contributed by atoms with Gasteiger partial charge in [-0.15, -0.1) is 0 Å². The van der Waals surface area contributed by atoms with E-state index in [0.717, 1.165) is 37.2 Å². The Balaban J connectivity index is 3.35. The average molecular weight is 317 g/mol. The molecule has 0 aromatic heterocycles. The quantitative estimate of drug-likeness (QED) is 0.319. The molecule has 0 aromatic rings. The summed E-state index contributed by atoms with van der Waals surface area (Å²) in [7, 11) is 0. The Morgan fingerprint density at radius 2 is 1.91 bits per heavy atom. The van der Waals surface area contributed by atoms with Crippen LogP contribution in [0.3, 0.4) is 0 Å². The third kappa shape index (κ3) is 12.6. The van der Waals surface area contributed by atoms with Crippen LogP contribution in [0.4, 0.5) is 4.39 Å². The molecule has 0 spiro atoms. The highest BCUT2D eigenvalue weighted by Gasteiger charge is 2.08. The van der Waals surface area contributed by atoms with Gasteiger partial charge < -0.3 is 15.4 Å². The minimum absolute atomic E-state index is 0.126.